The first-order chi connectivity index (χ1) is 9.83. The molecule has 0 radical (unpaired) electrons. The summed E-state index contributed by atoms with van der Waals surface area (Å²) in [4.78, 5) is 12.3. The monoisotopic (exact) mass is 266 g/mol. The van der Waals surface area contributed by atoms with E-state index in [-0.39, 0.29) is 5.78 Å². The molecule has 2 aromatic rings. The van der Waals surface area contributed by atoms with Crippen LogP contribution in [-0.4, -0.2) is 12.4 Å². The molecule has 0 fully saturated rings. The summed E-state index contributed by atoms with van der Waals surface area (Å²) in [6, 6.07) is 16.0. The lowest BCUT2D eigenvalue weighted by Crippen LogP contribution is -2.10. The van der Waals surface area contributed by atoms with Crippen LogP contribution in [0.3, 0.4) is 0 Å². The highest BCUT2D eigenvalue weighted by Crippen LogP contribution is 2.26. The first kappa shape index (κ1) is 12.9. The highest BCUT2D eigenvalue weighted by atomic mass is 16.5. The van der Waals surface area contributed by atoms with Gasteiger partial charge in [-0.15, -0.1) is 0 Å². The third kappa shape index (κ3) is 2.90. The minimum Gasteiger partial charge on any atom is -0.493 e. The molecule has 0 saturated heterocycles. The molecule has 0 atom stereocenters. The number of ether oxygens (including phenoxy) is 1. The minimum atomic E-state index is 0.210. The molecule has 1 heterocycles. The summed E-state index contributed by atoms with van der Waals surface area (Å²) in [7, 11) is 0. The fourth-order valence-electron chi connectivity index (χ4n) is 2.58. The van der Waals surface area contributed by atoms with Gasteiger partial charge in [-0.2, -0.15) is 0 Å². The van der Waals surface area contributed by atoms with Gasteiger partial charge in [0.15, 0.2) is 5.78 Å². The normalized spacial score (nSPS) is 13.4. The van der Waals surface area contributed by atoms with Gasteiger partial charge in [-0.3, -0.25) is 4.79 Å². The SMILES string of the molecule is O=C(CCc1ccccc1)c1ccc2c(c1)CCCO2. The second kappa shape index (κ2) is 5.91. The molecule has 0 amide bonds. The Balaban J connectivity index is 1.68. The van der Waals surface area contributed by atoms with Gasteiger partial charge in [-0.05, 0) is 48.6 Å². The summed E-state index contributed by atoms with van der Waals surface area (Å²) in [5.41, 5.74) is 3.19. The Morgan fingerprint density at radius 3 is 2.80 bits per heavy atom. The van der Waals surface area contributed by atoms with Crippen LogP contribution in [-0.2, 0) is 12.8 Å². The standard InChI is InChI=1S/C18H18O2/c19-17(10-8-14-5-2-1-3-6-14)15-9-11-18-16(13-15)7-4-12-20-18/h1-3,5-6,9,11,13H,4,7-8,10,12H2. The number of aryl methyl sites for hydroxylation is 2. The van der Waals surface area contributed by atoms with Gasteiger partial charge >= 0.3 is 0 Å². The Morgan fingerprint density at radius 2 is 1.95 bits per heavy atom. The van der Waals surface area contributed by atoms with Crippen molar-refractivity contribution in [2.24, 2.45) is 0 Å². The highest BCUT2D eigenvalue weighted by molar-refractivity contribution is 5.96. The smallest absolute Gasteiger partial charge is 0.163 e. The fraction of sp³-hybridized carbons (Fsp3) is 0.278. The number of Topliss-reactive ketones (excluding diaryl/α,β-unsaturated/α-hetero) is 1. The summed E-state index contributed by atoms with van der Waals surface area (Å²) in [5, 5.41) is 0. The zero-order valence-corrected chi connectivity index (χ0v) is 11.5. The molecule has 2 aromatic carbocycles. The molecule has 0 N–H and O–H groups in total. The van der Waals surface area contributed by atoms with E-state index in [0.717, 1.165) is 37.2 Å². The van der Waals surface area contributed by atoms with E-state index >= 15 is 0 Å². The Hall–Kier alpha value is -2.09. The van der Waals surface area contributed by atoms with Crippen molar-refractivity contribution in [3.05, 3.63) is 65.2 Å². The maximum Gasteiger partial charge on any atom is 0.163 e. The number of carbonyl (C=O) groups is 1. The number of carbonyl (C=O) groups excluding carboxylic acids is 1. The molecule has 1 aliphatic rings. The van der Waals surface area contributed by atoms with Crippen LogP contribution in [0, 0.1) is 0 Å². The van der Waals surface area contributed by atoms with Crippen LogP contribution in [0.25, 0.3) is 0 Å². The topological polar surface area (TPSA) is 26.3 Å². The van der Waals surface area contributed by atoms with E-state index in [4.69, 9.17) is 4.74 Å². The third-order valence-corrected chi connectivity index (χ3v) is 3.71. The summed E-state index contributed by atoms with van der Waals surface area (Å²) < 4.78 is 5.58. The molecule has 0 bridgehead atoms. The zero-order valence-electron chi connectivity index (χ0n) is 11.5. The molecule has 20 heavy (non-hydrogen) atoms. The number of ketones is 1. The van der Waals surface area contributed by atoms with Crippen molar-refractivity contribution in [2.45, 2.75) is 25.7 Å². The van der Waals surface area contributed by atoms with Crippen LogP contribution in [0.5, 0.6) is 5.75 Å². The Morgan fingerprint density at radius 1 is 1.10 bits per heavy atom. The molecule has 2 heteroatoms. The number of hydrogen-bond donors (Lipinski definition) is 0. The van der Waals surface area contributed by atoms with Gasteiger partial charge in [0, 0.05) is 12.0 Å². The van der Waals surface area contributed by atoms with Gasteiger partial charge in [0.25, 0.3) is 0 Å². The van der Waals surface area contributed by atoms with Crippen LogP contribution >= 0.6 is 0 Å². The maximum atomic E-state index is 12.3. The largest absolute Gasteiger partial charge is 0.493 e. The molecule has 3 rings (SSSR count). The summed E-state index contributed by atoms with van der Waals surface area (Å²) in [6.07, 6.45) is 3.40. The molecule has 0 unspecified atom stereocenters. The summed E-state index contributed by atoms with van der Waals surface area (Å²) in [5.74, 6) is 1.15. The molecular weight excluding hydrogens is 248 g/mol. The molecule has 0 aromatic heterocycles. The van der Waals surface area contributed by atoms with Crippen LogP contribution < -0.4 is 4.74 Å². The Labute approximate surface area is 119 Å². The Kier molecular flexibility index (Phi) is 3.82. The van der Waals surface area contributed by atoms with Crippen molar-refractivity contribution < 1.29 is 9.53 Å². The van der Waals surface area contributed by atoms with Crippen molar-refractivity contribution in [1.82, 2.24) is 0 Å². The number of hydrogen-bond acceptors (Lipinski definition) is 2. The predicted molar refractivity (Wildman–Crippen MR) is 79.4 cm³/mol. The van der Waals surface area contributed by atoms with Crippen LogP contribution in [0.1, 0.15) is 34.3 Å². The average Bonchev–Trinajstić information content (AvgIpc) is 2.53. The van der Waals surface area contributed by atoms with E-state index in [1.165, 1.54) is 11.1 Å². The van der Waals surface area contributed by atoms with Gasteiger partial charge in [0.2, 0.25) is 0 Å². The average molecular weight is 266 g/mol. The molecule has 0 spiro atoms. The van der Waals surface area contributed by atoms with E-state index in [1.807, 2.05) is 36.4 Å². The first-order valence-electron chi connectivity index (χ1n) is 7.16. The Bertz CT molecular complexity index is 602. The molecule has 102 valence electrons. The number of fused-ring (bicyclic) bond motifs is 1. The molecule has 0 saturated carbocycles. The van der Waals surface area contributed by atoms with Crippen molar-refractivity contribution in [3.63, 3.8) is 0 Å². The predicted octanol–water partition coefficient (Wildman–Crippen LogP) is 3.83. The molecular formula is C18H18O2. The van der Waals surface area contributed by atoms with E-state index in [2.05, 4.69) is 12.1 Å². The van der Waals surface area contributed by atoms with Crippen molar-refractivity contribution in [2.75, 3.05) is 6.61 Å². The van der Waals surface area contributed by atoms with Crippen LogP contribution in [0.15, 0.2) is 48.5 Å². The summed E-state index contributed by atoms with van der Waals surface area (Å²) in [6.45, 7) is 0.786. The van der Waals surface area contributed by atoms with Gasteiger partial charge in [0.1, 0.15) is 5.75 Å². The van der Waals surface area contributed by atoms with Gasteiger partial charge in [-0.25, -0.2) is 0 Å². The molecule has 1 aliphatic heterocycles. The van der Waals surface area contributed by atoms with E-state index in [0.29, 0.717) is 6.42 Å². The fourth-order valence-corrected chi connectivity index (χ4v) is 2.58. The van der Waals surface area contributed by atoms with Crippen molar-refractivity contribution in [1.29, 1.82) is 0 Å². The molecule has 2 nitrogen and oxygen atoms in total. The van der Waals surface area contributed by atoms with E-state index in [1.54, 1.807) is 0 Å². The van der Waals surface area contributed by atoms with Crippen molar-refractivity contribution in [3.8, 4) is 5.75 Å². The first-order valence-corrected chi connectivity index (χ1v) is 7.16. The summed E-state index contributed by atoms with van der Waals surface area (Å²) >= 11 is 0. The highest BCUT2D eigenvalue weighted by Gasteiger charge is 2.13. The van der Waals surface area contributed by atoms with Gasteiger partial charge in [-0.1, -0.05) is 30.3 Å². The third-order valence-electron chi connectivity index (χ3n) is 3.71. The quantitative estimate of drug-likeness (QED) is 0.786. The van der Waals surface area contributed by atoms with Crippen LogP contribution in [0.2, 0.25) is 0 Å². The maximum absolute atomic E-state index is 12.3. The lowest BCUT2D eigenvalue weighted by atomic mass is 9.98. The number of rotatable bonds is 4. The second-order valence-electron chi connectivity index (χ2n) is 5.18. The van der Waals surface area contributed by atoms with Gasteiger partial charge < -0.3 is 4.74 Å². The lowest BCUT2D eigenvalue weighted by molar-refractivity contribution is 0.0982. The molecule has 0 aliphatic carbocycles. The lowest BCUT2D eigenvalue weighted by Gasteiger charge is -2.17. The zero-order chi connectivity index (χ0) is 13.8. The van der Waals surface area contributed by atoms with Gasteiger partial charge in [0.05, 0.1) is 6.61 Å². The van der Waals surface area contributed by atoms with Crippen LogP contribution in [0.4, 0.5) is 0 Å². The van der Waals surface area contributed by atoms with E-state index in [9.17, 15) is 4.79 Å². The second-order valence-corrected chi connectivity index (χ2v) is 5.18. The number of benzene rings is 2. The van der Waals surface area contributed by atoms with Crippen molar-refractivity contribution >= 4 is 5.78 Å². The van der Waals surface area contributed by atoms with E-state index < -0.39 is 0 Å². The minimum absolute atomic E-state index is 0.210.